The Morgan fingerprint density at radius 1 is 1.00 bits per heavy atom. The van der Waals surface area contributed by atoms with E-state index in [1.54, 1.807) is 6.20 Å². The number of aromatic nitrogens is 2. The first-order chi connectivity index (χ1) is 11.1. The molecule has 116 valence electrons. The second-order valence-electron chi connectivity index (χ2n) is 4.95. The summed E-state index contributed by atoms with van der Waals surface area (Å²) in [5.41, 5.74) is 2.90. The number of aryl methyl sites for hydroxylation is 1. The lowest BCUT2D eigenvalue weighted by Crippen LogP contribution is -2.01. The molecule has 6 heteroatoms. The van der Waals surface area contributed by atoms with Crippen LogP contribution in [0.15, 0.2) is 59.2 Å². The second kappa shape index (κ2) is 6.98. The van der Waals surface area contributed by atoms with Gasteiger partial charge in [0.05, 0.1) is 5.69 Å². The molecule has 0 radical (unpaired) electrons. The number of nitrogens with zero attached hydrogens (tertiary/aromatic N) is 2. The zero-order valence-electron chi connectivity index (χ0n) is 12.3. The van der Waals surface area contributed by atoms with Gasteiger partial charge in [0.1, 0.15) is 5.82 Å². The number of rotatable bonds is 4. The number of hydrogen-bond acceptors (Lipinski definition) is 4. The average molecular weight is 390 g/mol. The van der Waals surface area contributed by atoms with Crippen molar-refractivity contribution in [3.05, 3.63) is 69.8 Å². The van der Waals surface area contributed by atoms with Crippen molar-refractivity contribution < 1.29 is 0 Å². The van der Waals surface area contributed by atoms with Crippen molar-refractivity contribution in [2.45, 2.75) is 6.92 Å². The maximum Gasteiger partial charge on any atom is 0.229 e. The predicted molar refractivity (Wildman–Crippen MR) is 98.9 cm³/mol. The van der Waals surface area contributed by atoms with Gasteiger partial charge in [0.25, 0.3) is 0 Å². The molecule has 3 rings (SSSR count). The number of nitrogens with one attached hydrogen (secondary N) is 2. The third kappa shape index (κ3) is 4.00. The van der Waals surface area contributed by atoms with Crippen LogP contribution in [0.2, 0.25) is 5.02 Å². The molecule has 0 atom stereocenters. The maximum absolute atomic E-state index is 5.98. The summed E-state index contributed by atoms with van der Waals surface area (Å²) in [4.78, 5) is 8.74. The fourth-order valence-corrected chi connectivity index (χ4v) is 2.69. The topological polar surface area (TPSA) is 49.8 Å². The highest BCUT2D eigenvalue weighted by atomic mass is 79.9. The predicted octanol–water partition coefficient (Wildman–Crippen LogP) is 5.69. The molecule has 3 aromatic rings. The van der Waals surface area contributed by atoms with E-state index in [2.05, 4.69) is 36.5 Å². The lowest BCUT2D eigenvalue weighted by atomic mass is 10.2. The summed E-state index contributed by atoms with van der Waals surface area (Å²) < 4.78 is 0.974. The van der Waals surface area contributed by atoms with E-state index in [1.165, 1.54) is 0 Å². The number of halogens is 2. The van der Waals surface area contributed by atoms with E-state index in [1.807, 2.05) is 55.5 Å². The second-order valence-corrected chi connectivity index (χ2v) is 6.25. The van der Waals surface area contributed by atoms with Crippen LogP contribution in [-0.2, 0) is 0 Å². The molecule has 4 nitrogen and oxygen atoms in total. The van der Waals surface area contributed by atoms with Gasteiger partial charge in [-0.3, -0.25) is 0 Å². The standard InChI is InChI=1S/C17H14BrClN4/c1-11-10-12(19)6-7-14(11)22-17-20-9-8-16(23-17)21-15-5-3-2-4-13(15)18/h2-10H,1H3,(H2,20,21,22,23). The summed E-state index contributed by atoms with van der Waals surface area (Å²) in [5.74, 6) is 1.23. The normalized spacial score (nSPS) is 10.4. The Kier molecular flexibility index (Phi) is 4.79. The molecule has 0 unspecified atom stereocenters. The fraction of sp³-hybridized carbons (Fsp3) is 0.0588. The third-order valence-electron chi connectivity index (χ3n) is 3.23. The van der Waals surface area contributed by atoms with Gasteiger partial charge in [0, 0.05) is 21.4 Å². The highest BCUT2D eigenvalue weighted by Crippen LogP contribution is 2.26. The van der Waals surface area contributed by atoms with Crippen LogP contribution in [0.5, 0.6) is 0 Å². The average Bonchev–Trinajstić information content (AvgIpc) is 2.53. The zero-order chi connectivity index (χ0) is 16.2. The molecule has 1 heterocycles. The van der Waals surface area contributed by atoms with E-state index in [4.69, 9.17) is 11.6 Å². The molecule has 0 aliphatic heterocycles. The highest BCUT2D eigenvalue weighted by Gasteiger charge is 2.05. The molecule has 23 heavy (non-hydrogen) atoms. The summed E-state index contributed by atoms with van der Waals surface area (Å²) in [7, 11) is 0. The molecular weight excluding hydrogens is 376 g/mol. The van der Waals surface area contributed by atoms with Crippen LogP contribution in [0.1, 0.15) is 5.56 Å². The fourth-order valence-electron chi connectivity index (χ4n) is 2.08. The van der Waals surface area contributed by atoms with Crippen LogP contribution in [0.4, 0.5) is 23.1 Å². The molecular formula is C17H14BrClN4. The van der Waals surface area contributed by atoms with Crippen LogP contribution in [-0.4, -0.2) is 9.97 Å². The third-order valence-corrected chi connectivity index (χ3v) is 4.15. The minimum Gasteiger partial charge on any atom is -0.339 e. The number of hydrogen-bond donors (Lipinski definition) is 2. The lowest BCUT2D eigenvalue weighted by molar-refractivity contribution is 1.16. The Hall–Kier alpha value is -2.11. The van der Waals surface area contributed by atoms with E-state index in [0.717, 1.165) is 21.4 Å². The van der Waals surface area contributed by atoms with E-state index in [9.17, 15) is 0 Å². The van der Waals surface area contributed by atoms with Gasteiger partial charge in [0.15, 0.2) is 0 Å². The molecule has 0 amide bonds. The molecule has 2 aromatic carbocycles. The van der Waals surface area contributed by atoms with Crippen molar-refractivity contribution in [3.8, 4) is 0 Å². The summed E-state index contributed by atoms with van der Waals surface area (Å²) in [6, 6.07) is 15.3. The van der Waals surface area contributed by atoms with Crippen molar-refractivity contribution in [1.82, 2.24) is 9.97 Å². The van der Waals surface area contributed by atoms with Gasteiger partial charge in [-0.1, -0.05) is 23.7 Å². The minimum atomic E-state index is 0.521. The molecule has 2 N–H and O–H groups in total. The largest absolute Gasteiger partial charge is 0.339 e. The van der Waals surface area contributed by atoms with Crippen molar-refractivity contribution in [2.24, 2.45) is 0 Å². The molecule has 0 saturated heterocycles. The van der Waals surface area contributed by atoms with Crippen LogP contribution < -0.4 is 10.6 Å². The Morgan fingerprint density at radius 2 is 1.83 bits per heavy atom. The van der Waals surface area contributed by atoms with Crippen molar-refractivity contribution >= 4 is 50.7 Å². The first kappa shape index (κ1) is 15.8. The summed E-state index contributed by atoms with van der Waals surface area (Å²) in [5, 5.41) is 7.18. The number of para-hydroxylation sites is 1. The van der Waals surface area contributed by atoms with Gasteiger partial charge in [-0.2, -0.15) is 4.98 Å². The van der Waals surface area contributed by atoms with E-state index in [0.29, 0.717) is 16.8 Å². The number of anilines is 4. The molecule has 1 aromatic heterocycles. The lowest BCUT2D eigenvalue weighted by Gasteiger charge is -2.11. The molecule has 0 bridgehead atoms. The van der Waals surface area contributed by atoms with Gasteiger partial charge in [-0.05, 0) is 64.8 Å². The minimum absolute atomic E-state index is 0.521. The van der Waals surface area contributed by atoms with E-state index < -0.39 is 0 Å². The first-order valence-corrected chi connectivity index (χ1v) is 8.17. The number of benzene rings is 2. The first-order valence-electron chi connectivity index (χ1n) is 6.99. The summed E-state index contributed by atoms with van der Waals surface area (Å²) in [6.45, 7) is 1.98. The molecule has 0 aliphatic carbocycles. The summed E-state index contributed by atoms with van der Waals surface area (Å²) in [6.07, 6.45) is 1.71. The molecule has 0 aliphatic rings. The van der Waals surface area contributed by atoms with Gasteiger partial charge >= 0.3 is 0 Å². The van der Waals surface area contributed by atoms with Crippen molar-refractivity contribution in [1.29, 1.82) is 0 Å². The van der Waals surface area contributed by atoms with Crippen molar-refractivity contribution in [2.75, 3.05) is 10.6 Å². The smallest absolute Gasteiger partial charge is 0.229 e. The SMILES string of the molecule is Cc1cc(Cl)ccc1Nc1nccc(Nc2ccccc2Br)n1. The van der Waals surface area contributed by atoms with Crippen molar-refractivity contribution in [3.63, 3.8) is 0 Å². The Balaban J connectivity index is 1.81. The van der Waals surface area contributed by atoms with Crippen LogP contribution >= 0.6 is 27.5 Å². The highest BCUT2D eigenvalue weighted by molar-refractivity contribution is 9.10. The van der Waals surface area contributed by atoms with E-state index >= 15 is 0 Å². The Morgan fingerprint density at radius 3 is 2.61 bits per heavy atom. The van der Waals surface area contributed by atoms with Gasteiger partial charge < -0.3 is 10.6 Å². The van der Waals surface area contributed by atoms with Gasteiger partial charge in [-0.15, -0.1) is 0 Å². The van der Waals surface area contributed by atoms with Gasteiger partial charge in [0.2, 0.25) is 5.95 Å². The van der Waals surface area contributed by atoms with Gasteiger partial charge in [-0.25, -0.2) is 4.98 Å². The summed E-state index contributed by atoms with van der Waals surface area (Å²) >= 11 is 9.49. The Bertz CT molecular complexity index is 838. The molecule has 0 saturated carbocycles. The maximum atomic E-state index is 5.98. The quantitative estimate of drug-likeness (QED) is 0.602. The van der Waals surface area contributed by atoms with Crippen LogP contribution in [0.3, 0.4) is 0 Å². The monoisotopic (exact) mass is 388 g/mol. The Labute approximate surface area is 148 Å². The zero-order valence-corrected chi connectivity index (χ0v) is 14.7. The molecule has 0 fully saturated rings. The van der Waals surface area contributed by atoms with E-state index in [-0.39, 0.29) is 0 Å². The molecule has 0 spiro atoms. The van der Waals surface area contributed by atoms with Crippen LogP contribution in [0, 0.1) is 6.92 Å². The van der Waals surface area contributed by atoms with Crippen LogP contribution in [0.25, 0.3) is 0 Å².